The zero-order valence-corrected chi connectivity index (χ0v) is 12.2. The maximum Gasteiger partial charge on any atom is 0.134 e. The summed E-state index contributed by atoms with van der Waals surface area (Å²) < 4.78 is 12.0. The first-order valence-electron chi connectivity index (χ1n) is 5.77. The Morgan fingerprint density at radius 2 is 2.00 bits per heavy atom. The highest BCUT2D eigenvalue weighted by molar-refractivity contribution is 9.10. The number of aryl methyl sites for hydroxylation is 1. The molecule has 1 rings (SSSR count). The molecule has 1 aromatic carbocycles. The molecule has 0 saturated heterocycles. The molecule has 0 aliphatic heterocycles. The minimum atomic E-state index is 0.550. The highest BCUT2D eigenvalue weighted by Crippen LogP contribution is 2.29. The number of hydrogen-bond donors (Lipinski definition) is 1. The summed E-state index contributed by atoms with van der Waals surface area (Å²) >= 11 is 3.43. The Morgan fingerprint density at radius 3 is 2.65 bits per heavy atom. The summed E-state index contributed by atoms with van der Waals surface area (Å²) in [5.74, 6) is 1.37. The molecule has 4 heteroatoms. The minimum Gasteiger partial charge on any atom is -0.490 e. The molecule has 0 aromatic heterocycles. The second-order valence-corrected chi connectivity index (χ2v) is 5.31. The predicted octanol–water partition coefficient (Wildman–Crippen LogP) is 3.39. The highest BCUT2D eigenvalue weighted by atomic mass is 79.9. The van der Waals surface area contributed by atoms with Crippen molar-refractivity contribution in [1.82, 2.24) is 0 Å². The lowest BCUT2D eigenvalue weighted by molar-refractivity contribution is 0.0817. The van der Waals surface area contributed by atoms with Crippen LogP contribution in [0.2, 0.25) is 0 Å². The lowest BCUT2D eigenvalue weighted by Crippen LogP contribution is -2.10. The molecule has 0 bridgehead atoms. The molecule has 0 saturated carbocycles. The van der Waals surface area contributed by atoms with E-state index in [1.165, 1.54) is 0 Å². The van der Waals surface area contributed by atoms with Crippen LogP contribution in [0.5, 0.6) is 5.75 Å². The molecule has 2 N–H and O–H groups in total. The standard InChI is InChI=1S/C13H20BrNO2/c1-9(2)8-16-4-5-17-13-6-10(3)12(15)7-11(13)14/h6-7,9H,4-5,8,15H2,1-3H3. The number of rotatable bonds is 6. The Morgan fingerprint density at radius 1 is 1.29 bits per heavy atom. The smallest absolute Gasteiger partial charge is 0.134 e. The second kappa shape index (κ2) is 6.87. The van der Waals surface area contributed by atoms with E-state index in [0.29, 0.717) is 19.1 Å². The van der Waals surface area contributed by atoms with Crippen LogP contribution < -0.4 is 10.5 Å². The van der Waals surface area contributed by atoms with E-state index in [4.69, 9.17) is 15.2 Å². The number of benzene rings is 1. The molecule has 0 amide bonds. The maximum absolute atomic E-state index is 5.79. The average Bonchev–Trinajstić information content (AvgIpc) is 2.24. The van der Waals surface area contributed by atoms with Crippen LogP contribution in [0.4, 0.5) is 5.69 Å². The third kappa shape index (κ3) is 4.96. The van der Waals surface area contributed by atoms with Crippen molar-refractivity contribution in [2.45, 2.75) is 20.8 Å². The molecule has 0 atom stereocenters. The van der Waals surface area contributed by atoms with Gasteiger partial charge in [0.1, 0.15) is 12.4 Å². The van der Waals surface area contributed by atoms with Crippen molar-refractivity contribution in [3.63, 3.8) is 0 Å². The van der Waals surface area contributed by atoms with Crippen molar-refractivity contribution in [1.29, 1.82) is 0 Å². The molecule has 1 aromatic rings. The van der Waals surface area contributed by atoms with E-state index < -0.39 is 0 Å². The van der Waals surface area contributed by atoms with E-state index in [1.807, 2.05) is 19.1 Å². The molecule has 0 fully saturated rings. The maximum atomic E-state index is 5.79. The summed E-state index contributed by atoms with van der Waals surface area (Å²) in [5.41, 5.74) is 7.57. The number of ether oxygens (including phenoxy) is 2. The minimum absolute atomic E-state index is 0.550. The van der Waals surface area contributed by atoms with Crippen LogP contribution in [0.25, 0.3) is 0 Å². The van der Waals surface area contributed by atoms with Crippen molar-refractivity contribution >= 4 is 21.6 Å². The average molecular weight is 302 g/mol. The van der Waals surface area contributed by atoms with E-state index >= 15 is 0 Å². The van der Waals surface area contributed by atoms with Gasteiger partial charge in [0.2, 0.25) is 0 Å². The van der Waals surface area contributed by atoms with Crippen LogP contribution in [-0.2, 0) is 4.74 Å². The summed E-state index contributed by atoms with van der Waals surface area (Å²) in [6.07, 6.45) is 0. The van der Waals surface area contributed by atoms with Crippen LogP contribution >= 0.6 is 15.9 Å². The zero-order valence-electron chi connectivity index (χ0n) is 10.6. The van der Waals surface area contributed by atoms with Crippen LogP contribution in [0.1, 0.15) is 19.4 Å². The molecule has 0 aliphatic rings. The SMILES string of the molecule is Cc1cc(OCCOCC(C)C)c(Br)cc1N. The summed E-state index contributed by atoms with van der Waals surface area (Å²) in [5, 5.41) is 0. The third-order valence-electron chi connectivity index (χ3n) is 2.26. The quantitative estimate of drug-likeness (QED) is 0.647. The van der Waals surface area contributed by atoms with E-state index in [9.17, 15) is 0 Å². The Labute approximate surface area is 111 Å². The number of nitrogens with two attached hydrogens (primary N) is 1. The lowest BCUT2D eigenvalue weighted by Gasteiger charge is -2.11. The Balaban J connectivity index is 2.39. The van der Waals surface area contributed by atoms with E-state index in [-0.39, 0.29) is 0 Å². The van der Waals surface area contributed by atoms with Crippen LogP contribution in [0, 0.1) is 12.8 Å². The summed E-state index contributed by atoms with van der Waals surface area (Å²) in [4.78, 5) is 0. The van der Waals surface area contributed by atoms with Gasteiger partial charge in [-0.3, -0.25) is 0 Å². The Bertz CT molecular complexity index is 367. The van der Waals surface area contributed by atoms with Gasteiger partial charge < -0.3 is 15.2 Å². The Kier molecular flexibility index (Phi) is 5.78. The summed E-state index contributed by atoms with van der Waals surface area (Å²) in [6, 6.07) is 3.79. The first-order chi connectivity index (χ1) is 8.00. The van der Waals surface area contributed by atoms with Crippen molar-refractivity contribution in [3.05, 3.63) is 22.2 Å². The van der Waals surface area contributed by atoms with Crippen molar-refractivity contribution in [2.24, 2.45) is 5.92 Å². The topological polar surface area (TPSA) is 44.5 Å². The lowest BCUT2D eigenvalue weighted by atomic mass is 10.2. The number of halogens is 1. The molecular weight excluding hydrogens is 282 g/mol. The molecule has 0 radical (unpaired) electrons. The van der Waals surface area contributed by atoms with Crippen molar-refractivity contribution in [3.8, 4) is 5.75 Å². The van der Waals surface area contributed by atoms with Crippen molar-refractivity contribution < 1.29 is 9.47 Å². The molecule has 0 spiro atoms. The number of hydrogen-bond acceptors (Lipinski definition) is 3. The first kappa shape index (κ1) is 14.3. The van der Waals surface area contributed by atoms with Gasteiger partial charge in [-0.05, 0) is 46.5 Å². The molecule has 3 nitrogen and oxygen atoms in total. The van der Waals surface area contributed by atoms with E-state index in [0.717, 1.165) is 28.1 Å². The molecular formula is C13H20BrNO2. The third-order valence-corrected chi connectivity index (χ3v) is 2.88. The number of anilines is 1. The fourth-order valence-corrected chi connectivity index (χ4v) is 1.79. The first-order valence-corrected chi connectivity index (χ1v) is 6.56. The van der Waals surface area contributed by atoms with Gasteiger partial charge in [0.05, 0.1) is 11.1 Å². The molecule has 0 heterocycles. The molecule has 96 valence electrons. The zero-order chi connectivity index (χ0) is 12.8. The van der Waals surface area contributed by atoms with Crippen LogP contribution in [0.3, 0.4) is 0 Å². The van der Waals surface area contributed by atoms with Gasteiger partial charge >= 0.3 is 0 Å². The van der Waals surface area contributed by atoms with Gasteiger partial charge in [-0.2, -0.15) is 0 Å². The molecule has 17 heavy (non-hydrogen) atoms. The van der Waals surface area contributed by atoms with Gasteiger partial charge in [-0.15, -0.1) is 0 Å². The summed E-state index contributed by atoms with van der Waals surface area (Å²) in [7, 11) is 0. The van der Waals surface area contributed by atoms with Crippen LogP contribution in [-0.4, -0.2) is 19.8 Å². The van der Waals surface area contributed by atoms with Gasteiger partial charge in [-0.1, -0.05) is 13.8 Å². The van der Waals surface area contributed by atoms with E-state index in [2.05, 4.69) is 29.8 Å². The molecule has 0 aliphatic carbocycles. The summed E-state index contributed by atoms with van der Waals surface area (Å²) in [6.45, 7) is 8.14. The monoisotopic (exact) mass is 301 g/mol. The second-order valence-electron chi connectivity index (χ2n) is 4.46. The van der Waals surface area contributed by atoms with Gasteiger partial charge in [0, 0.05) is 12.3 Å². The highest BCUT2D eigenvalue weighted by Gasteiger charge is 2.04. The van der Waals surface area contributed by atoms with Gasteiger partial charge in [-0.25, -0.2) is 0 Å². The normalized spacial score (nSPS) is 10.9. The molecule has 0 unspecified atom stereocenters. The van der Waals surface area contributed by atoms with Gasteiger partial charge in [0.25, 0.3) is 0 Å². The largest absolute Gasteiger partial charge is 0.490 e. The number of nitrogen functional groups attached to an aromatic ring is 1. The fourth-order valence-electron chi connectivity index (χ4n) is 1.31. The van der Waals surface area contributed by atoms with Crippen LogP contribution in [0.15, 0.2) is 16.6 Å². The fraction of sp³-hybridized carbons (Fsp3) is 0.538. The predicted molar refractivity (Wildman–Crippen MR) is 74.4 cm³/mol. The van der Waals surface area contributed by atoms with E-state index in [1.54, 1.807) is 0 Å². The van der Waals surface area contributed by atoms with Crippen molar-refractivity contribution in [2.75, 3.05) is 25.6 Å². The van der Waals surface area contributed by atoms with Gasteiger partial charge in [0.15, 0.2) is 0 Å². The Hall–Kier alpha value is -0.740.